The van der Waals surface area contributed by atoms with Gasteiger partial charge in [-0.25, -0.2) is 4.85 Å². The predicted molar refractivity (Wildman–Crippen MR) is 172 cm³/mol. The van der Waals surface area contributed by atoms with E-state index in [0.29, 0.717) is 11.3 Å². The molecule has 0 saturated carbocycles. The van der Waals surface area contributed by atoms with Crippen molar-refractivity contribution in [1.29, 1.82) is 5.26 Å². The van der Waals surface area contributed by atoms with Crippen molar-refractivity contribution in [1.82, 2.24) is 9.13 Å². The van der Waals surface area contributed by atoms with Crippen molar-refractivity contribution < 1.29 is 0 Å². The van der Waals surface area contributed by atoms with Gasteiger partial charge < -0.3 is 9.13 Å². The van der Waals surface area contributed by atoms with E-state index < -0.39 is 0 Å². The van der Waals surface area contributed by atoms with E-state index in [4.69, 9.17) is 6.57 Å². The highest BCUT2D eigenvalue weighted by Crippen LogP contribution is 2.43. The Morgan fingerprint density at radius 1 is 0.524 bits per heavy atom. The van der Waals surface area contributed by atoms with Crippen LogP contribution in [0.4, 0.5) is 5.69 Å². The van der Waals surface area contributed by atoms with Crippen LogP contribution < -0.4 is 0 Å². The molecule has 0 spiro atoms. The molecule has 42 heavy (non-hydrogen) atoms. The molecule has 0 amide bonds. The van der Waals surface area contributed by atoms with Gasteiger partial charge in [0.1, 0.15) is 0 Å². The lowest BCUT2D eigenvalue weighted by molar-refractivity contribution is 1.18. The van der Waals surface area contributed by atoms with E-state index in [1.54, 1.807) is 0 Å². The summed E-state index contributed by atoms with van der Waals surface area (Å²) in [5.74, 6) is 0. The molecule has 6 aromatic carbocycles. The highest BCUT2D eigenvalue weighted by Gasteiger charge is 2.20. The van der Waals surface area contributed by atoms with E-state index >= 15 is 0 Å². The van der Waals surface area contributed by atoms with Gasteiger partial charge in [0.2, 0.25) is 5.69 Å². The minimum absolute atomic E-state index is 0.618. The first-order valence-electron chi connectivity index (χ1n) is 13.8. The van der Waals surface area contributed by atoms with E-state index in [1.807, 2.05) is 42.5 Å². The van der Waals surface area contributed by atoms with Gasteiger partial charge in [0.15, 0.2) is 0 Å². The first-order chi connectivity index (χ1) is 20.8. The zero-order valence-electron chi connectivity index (χ0n) is 22.5. The zero-order chi connectivity index (χ0) is 28.2. The minimum Gasteiger partial charge on any atom is -0.319 e. The van der Waals surface area contributed by atoms with Crippen LogP contribution in [0.1, 0.15) is 5.56 Å². The van der Waals surface area contributed by atoms with Crippen LogP contribution in [0.15, 0.2) is 133 Å². The summed E-state index contributed by atoms with van der Waals surface area (Å²) >= 11 is 0. The number of nitrogens with zero attached hydrogens (tertiary/aromatic N) is 4. The second kappa shape index (κ2) is 9.24. The fourth-order valence-electron chi connectivity index (χ4n) is 6.45. The Bertz CT molecular complexity index is 2440. The van der Waals surface area contributed by atoms with Crippen LogP contribution in [0.3, 0.4) is 0 Å². The van der Waals surface area contributed by atoms with Gasteiger partial charge in [-0.1, -0.05) is 84.9 Å². The van der Waals surface area contributed by atoms with E-state index in [-0.39, 0.29) is 0 Å². The van der Waals surface area contributed by atoms with Crippen LogP contribution in [-0.4, -0.2) is 9.13 Å². The molecule has 194 valence electrons. The van der Waals surface area contributed by atoms with E-state index in [0.717, 1.165) is 66.1 Å². The lowest BCUT2D eigenvalue weighted by Gasteiger charge is -2.15. The number of benzene rings is 6. The van der Waals surface area contributed by atoms with Crippen molar-refractivity contribution in [3.63, 3.8) is 0 Å². The van der Waals surface area contributed by atoms with Crippen LogP contribution in [0.2, 0.25) is 0 Å². The third-order valence-electron chi connectivity index (χ3n) is 8.18. The highest BCUT2D eigenvalue weighted by molar-refractivity contribution is 6.17. The maximum atomic E-state index is 9.62. The van der Waals surface area contributed by atoms with Crippen molar-refractivity contribution >= 4 is 49.3 Å². The average molecular weight is 535 g/mol. The maximum absolute atomic E-state index is 9.62. The average Bonchev–Trinajstić information content (AvgIpc) is 3.57. The number of hydrogen-bond donors (Lipinski definition) is 0. The van der Waals surface area contributed by atoms with Gasteiger partial charge >= 0.3 is 0 Å². The first kappa shape index (κ1) is 23.8. The summed E-state index contributed by atoms with van der Waals surface area (Å²) in [4.78, 5) is 3.84. The molecule has 0 unspecified atom stereocenters. The molecule has 4 heteroatoms. The van der Waals surface area contributed by atoms with E-state index in [9.17, 15) is 5.26 Å². The first-order valence-corrected chi connectivity index (χ1v) is 13.8. The Morgan fingerprint density at radius 2 is 1.12 bits per heavy atom. The minimum atomic E-state index is 0.618. The molecule has 8 rings (SSSR count). The summed E-state index contributed by atoms with van der Waals surface area (Å²) in [6.45, 7) is 7.84. The molecule has 2 heterocycles. The summed E-state index contributed by atoms with van der Waals surface area (Å²) in [5, 5.41) is 14.1. The van der Waals surface area contributed by atoms with Gasteiger partial charge in [0.25, 0.3) is 0 Å². The van der Waals surface area contributed by atoms with Crippen molar-refractivity contribution in [2.24, 2.45) is 0 Å². The highest BCUT2D eigenvalue weighted by atomic mass is 15.0. The lowest BCUT2D eigenvalue weighted by Crippen LogP contribution is -1.97. The Labute approximate surface area is 242 Å². The summed E-state index contributed by atoms with van der Waals surface area (Å²) in [7, 11) is 0. The van der Waals surface area contributed by atoms with Gasteiger partial charge in [0.05, 0.1) is 51.6 Å². The third-order valence-corrected chi connectivity index (χ3v) is 8.18. The molecule has 0 bridgehead atoms. The summed E-state index contributed by atoms with van der Waals surface area (Å²) in [6.07, 6.45) is 0. The SMILES string of the molecule is [C-]#[N+]c1ccccc1-n1c2ccccc2c2c(-c3ccccc3-n3c4ccccc4c4cc(C#N)ccc43)cccc21. The number of nitriles is 1. The van der Waals surface area contributed by atoms with Gasteiger partial charge in [-0.05, 0) is 54.1 Å². The van der Waals surface area contributed by atoms with Crippen molar-refractivity contribution in [2.45, 2.75) is 0 Å². The standard InChI is InChI=1S/C38H22N4/c1-40-31-15-5-9-19-36(31)42-34-18-8-4-13-29(34)38-28(14-10-20-37(38)42)26-11-2-6-16-32(26)41-33-17-7-3-12-27(33)30-23-25(24-39)21-22-35(30)41/h2-23H. The van der Waals surface area contributed by atoms with Crippen LogP contribution in [0.25, 0.3) is 71.0 Å². The number of para-hydroxylation sites is 5. The van der Waals surface area contributed by atoms with Crippen LogP contribution in [-0.2, 0) is 0 Å². The molecule has 0 aliphatic carbocycles. The quantitative estimate of drug-likeness (QED) is 0.208. The molecule has 4 nitrogen and oxygen atoms in total. The van der Waals surface area contributed by atoms with Gasteiger partial charge in [-0.2, -0.15) is 5.26 Å². The molecule has 2 aromatic heterocycles. The number of aromatic nitrogens is 2. The maximum Gasteiger partial charge on any atom is 0.210 e. The predicted octanol–water partition coefficient (Wildman–Crippen LogP) is 9.97. The van der Waals surface area contributed by atoms with E-state index in [1.165, 1.54) is 0 Å². The summed E-state index contributed by atoms with van der Waals surface area (Å²) in [6, 6.07) is 47.8. The van der Waals surface area contributed by atoms with Crippen LogP contribution in [0.5, 0.6) is 0 Å². The van der Waals surface area contributed by atoms with Gasteiger partial charge in [-0.15, -0.1) is 0 Å². The second-order valence-electron chi connectivity index (χ2n) is 10.4. The second-order valence-corrected chi connectivity index (χ2v) is 10.4. The van der Waals surface area contributed by atoms with Crippen molar-refractivity contribution in [2.75, 3.05) is 0 Å². The fourth-order valence-corrected chi connectivity index (χ4v) is 6.45. The third kappa shape index (κ3) is 3.33. The Kier molecular flexibility index (Phi) is 5.22. The molecule has 0 aliphatic heterocycles. The molecular weight excluding hydrogens is 512 g/mol. The Balaban J connectivity index is 1.49. The molecular formula is C38H22N4. The Morgan fingerprint density at radius 3 is 1.93 bits per heavy atom. The molecule has 0 atom stereocenters. The fraction of sp³-hybridized carbons (Fsp3) is 0. The smallest absolute Gasteiger partial charge is 0.210 e. The van der Waals surface area contributed by atoms with Gasteiger partial charge in [-0.3, -0.25) is 0 Å². The van der Waals surface area contributed by atoms with Crippen molar-refractivity contribution in [3.8, 4) is 28.6 Å². The molecule has 0 N–H and O–H groups in total. The normalized spacial score (nSPS) is 11.3. The summed E-state index contributed by atoms with van der Waals surface area (Å²) < 4.78 is 4.53. The molecule has 0 aliphatic rings. The van der Waals surface area contributed by atoms with E-state index in [2.05, 4.69) is 111 Å². The van der Waals surface area contributed by atoms with Gasteiger partial charge in [0, 0.05) is 27.1 Å². The van der Waals surface area contributed by atoms with Crippen LogP contribution in [0, 0.1) is 17.9 Å². The Hall–Kier alpha value is -6.10. The van der Waals surface area contributed by atoms with Crippen LogP contribution >= 0.6 is 0 Å². The summed E-state index contributed by atoms with van der Waals surface area (Å²) in [5.41, 5.74) is 9.71. The number of hydrogen-bond acceptors (Lipinski definition) is 1. The molecule has 0 saturated heterocycles. The molecule has 8 aromatic rings. The lowest BCUT2D eigenvalue weighted by atomic mass is 9.97. The molecule has 0 radical (unpaired) electrons. The topological polar surface area (TPSA) is 38.0 Å². The monoisotopic (exact) mass is 534 g/mol. The number of rotatable bonds is 3. The molecule has 0 fully saturated rings. The number of fused-ring (bicyclic) bond motifs is 6. The largest absolute Gasteiger partial charge is 0.319 e. The van der Waals surface area contributed by atoms with Crippen molar-refractivity contribution in [3.05, 3.63) is 150 Å². The zero-order valence-corrected chi connectivity index (χ0v) is 22.5.